The number of anilines is 2. The maximum atomic E-state index is 12.7. The first-order valence-corrected chi connectivity index (χ1v) is 10.4. The minimum absolute atomic E-state index is 0.0418. The average Bonchev–Trinajstić information content (AvgIpc) is 3.34. The molecule has 0 aliphatic rings. The molecular weight excluding hydrogens is 384 g/mol. The Bertz CT molecular complexity index is 1100. The maximum Gasteiger partial charge on any atom is 0.243 e. The molecule has 0 aliphatic carbocycles. The van der Waals surface area contributed by atoms with E-state index in [-0.39, 0.29) is 18.5 Å². The highest BCUT2D eigenvalue weighted by Crippen LogP contribution is 2.22. The zero-order valence-electron chi connectivity index (χ0n) is 17.8. The van der Waals surface area contributed by atoms with Crippen LogP contribution in [0, 0.1) is 0 Å². The van der Waals surface area contributed by atoms with E-state index < -0.39 is 0 Å². The normalized spacial score (nSPS) is 10.8. The van der Waals surface area contributed by atoms with Crippen LogP contribution in [0.3, 0.4) is 0 Å². The summed E-state index contributed by atoms with van der Waals surface area (Å²) in [5, 5.41) is 3.02. The molecule has 31 heavy (non-hydrogen) atoms. The van der Waals surface area contributed by atoms with Crippen molar-refractivity contribution in [1.29, 1.82) is 0 Å². The van der Waals surface area contributed by atoms with Gasteiger partial charge >= 0.3 is 0 Å². The lowest BCUT2D eigenvalue weighted by Crippen LogP contribution is -2.38. The number of carbonyl (C=O) groups excluding carboxylic acids is 1. The molecule has 4 aromatic rings. The zero-order chi connectivity index (χ0) is 21.6. The van der Waals surface area contributed by atoms with Gasteiger partial charge in [0.05, 0.1) is 12.9 Å². The largest absolute Gasteiger partial charge is 0.360 e. The molecule has 0 saturated heterocycles. The Labute approximate surface area is 183 Å². The molecule has 0 unspecified atom stereocenters. The fraction of sp³-hybridized carbons (Fsp3) is 0.154. The van der Waals surface area contributed by atoms with Gasteiger partial charge in [-0.3, -0.25) is 4.79 Å². The highest BCUT2D eigenvalue weighted by Gasteiger charge is 2.15. The lowest BCUT2D eigenvalue weighted by Gasteiger charge is -2.28. The van der Waals surface area contributed by atoms with Crippen LogP contribution >= 0.6 is 0 Å². The number of benzene rings is 3. The van der Waals surface area contributed by atoms with Crippen molar-refractivity contribution in [3.05, 3.63) is 97.6 Å². The van der Waals surface area contributed by atoms with Crippen LogP contribution in [-0.2, 0) is 4.79 Å². The monoisotopic (exact) mass is 410 g/mol. The van der Waals surface area contributed by atoms with Gasteiger partial charge in [-0.1, -0.05) is 42.5 Å². The van der Waals surface area contributed by atoms with Gasteiger partial charge in [0.2, 0.25) is 5.91 Å². The second-order valence-electron chi connectivity index (χ2n) is 7.70. The fourth-order valence-corrected chi connectivity index (χ4v) is 3.53. The van der Waals surface area contributed by atoms with Crippen molar-refractivity contribution in [2.75, 3.05) is 16.8 Å². The smallest absolute Gasteiger partial charge is 0.243 e. The van der Waals surface area contributed by atoms with Gasteiger partial charge < -0.3 is 14.8 Å². The lowest BCUT2D eigenvalue weighted by molar-refractivity contribution is -0.115. The number of hydrogen-bond donors (Lipinski definition) is 1. The van der Waals surface area contributed by atoms with Crippen LogP contribution in [0.1, 0.15) is 13.8 Å². The van der Waals surface area contributed by atoms with Gasteiger partial charge in [0, 0.05) is 35.5 Å². The second kappa shape index (κ2) is 9.30. The lowest BCUT2D eigenvalue weighted by atomic mass is 10.1. The summed E-state index contributed by atoms with van der Waals surface area (Å²) in [5.41, 5.74) is 5.12. The van der Waals surface area contributed by atoms with Gasteiger partial charge in [0.1, 0.15) is 0 Å². The summed E-state index contributed by atoms with van der Waals surface area (Å²) < 4.78 is 1.95. The molecule has 156 valence electrons. The van der Waals surface area contributed by atoms with E-state index in [0.29, 0.717) is 0 Å². The van der Waals surface area contributed by atoms with Gasteiger partial charge in [-0.2, -0.15) is 0 Å². The van der Waals surface area contributed by atoms with Crippen LogP contribution < -0.4 is 10.2 Å². The maximum absolute atomic E-state index is 12.7. The first-order chi connectivity index (χ1) is 15.1. The van der Waals surface area contributed by atoms with Gasteiger partial charge in [-0.25, -0.2) is 4.98 Å². The molecule has 1 aromatic heterocycles. The van der Waals surface area contributed by atoms with Gasteiger partial charge in [0.15, 0.2) is 0 Å². The first kappa shape index (κ1) is 20.4. The van der Waals surface area contributed by atoms with E-state index in [0.717, 1.165) is 28.2 Å². The third-order valence-corrected chi connectivity index (χ3v) is 5.20. The number of hydrogen-bond acceptors (Lipinski definition) is 3. The molecule has 1 N–H and O–H groups in total. The summed E-state index contributed by atoms with van der Waals surface area (Å²) >= 11 is 0. The van der Waals surface area contributed by atoms with E-state index in [2.05, 4.69) is 41.2 Å². The van der Waals surface area contributed by atoms with E-state index in [1.165, 1.54) is 0 Å². The molecule has 5 heteroatoms. The van der Waals surface area contributed by atoms with E-state index in [1.807, 2.05) is 77.5 Å². The Morgan fingerprint density at radius 2 is 1.61 bits per heavy atom. The van der Waals surface area contributed by atoms with Crippen molar-refractivity contribution in [2.24, 2.45) is 0 Å². The van der Waals surface area contributed by atoms with E-state index in [4.69, 9.17) is 0 Å². The summed E-state index contributed by atoms with van der Waals surface area (Å²) in [6.07, 6.45) is 5.43. The minimum atomic E-state index is -0.0418. The Hall–Kier alpha value is -3.86. The van der Waals surface area contributed by atoms with Crippen LogP contribution in [0.5, 0.6) is 0 Å². The molecule has 0 spiro atoms. The zero-order valence-corrected chi connectivity index (χ0v) is 17.8. The average molecular weight is 411 g/mol. The summed E-state index contributed by atoms with van der Waals surface area (Å²) in [5.74, 6) is -0.0418. The Balaban J connectivity index is 1.42. The Morgan fingerprint density at radius 1 is 0.935 bits per heavy atom. The summed E-state index contributed by atoms with van der Waals surface area (Å²) in [6, 6.07) is 26.5. The standard InChI is InChI=1S/C26H26N4O/c1-20(2)30(25-14-12-24(13-15-25)29-17-16-27-19-29)18-26(31)28-23-10-8-22(9-11-23)21-6-4-3-5-7-21/h3-17,19-20H,18H2,1-2H3,(H,28,31). The van der Waals surface area contributed by atoms with Crippen LogP contribution in [0.15, 0.2) is 97.6 Å². The van der Waals surface area contributed by atoms with Crippen molar-refractivity contribution in [3.63, 3.8) is 0 Å². The van der Waals surface area contributed by atoms with Crippen molar-refractivity contribution in [3.8, 4) is 16.8 Å². The number of rotatable bonds is 7. The molecule has 0 aliphatic heterocycles. The Morgan fingerprint density at radius 3 is 2.23 bits per heavy atom. The van der Waals surface area contributed by atoms with E-state index in [1.54, 1.807) is 12.5 Å². The third-order valence-electron chi connectivity index (χ3n) is 5.20. The van der Waals surface area contributed by atoms with Crippen LogP contribution in [-0.4, -0.2) is 28.0 Å². The summed E-state index contributed by atoms with van der Waals surface area (Å²) in [7, 11) is 0. The number of amides is 1. The molecule has 0 radical (unpaired) electrons. The molecule has 0 bridgehead atoms. The molecular formula is C26H26N4O. The minimum Gasteiger partial charge on any atom is -0.360 e. The Kier molecular flexibility index (Phi) is 6.13. The quantitative estimate of drug-likeness (QED) is 0.444. The predicted octanol–water partition coefficient (Wildman–Crippen LogP) is 5.39. The number of carbonyl (C=O) groups is 1. The highest BCUT2D eigenvalue weighted by atomic mass is 16.2. The number of nitrogens with zero attached hydrogens (tertiary/aromatic N) is 3. The summed E-state index contributed by atoms with van der Waals surface area (Å²) in [6.45, 7) is 4.46. The highest BCUT2D eigenvalue weighted by molar-refractivity contribution is 5.94. The van der Waals surface area contributed by atoms with Crippen molar-refractivity contribution in [1.82, 2.24) is 9.55 Å². The molecule has 0 saturated carbocycles. The second-order valence-corrected chi connectivity index (χ2v) is 7.70. The van der Waals surface area contributed by atoms with Crippen molar-refractivity contribution < 1.29 is 4.79 Å². The van der Waals surface area contributed by atoms with Gasteiger partial charge in [-0.15, -0.1) is 0 Å². The molecule has 0 fully saturated rings. The van der Waals surface area contributed by atoms with Crippen molar-refractivity contribution >= 4 is 17.3 Å². The SMILES string of the molecule is CC(C)N(CC(=O)Nc1ccc(-c2ccccc2)cc1)c1ccc(-n2ccnc2)cc1. The van der Waals surface area contributed by atoms with Crippen LogP contribution in [0.25, 0.3) is 16.8 Å². The molecule has 1 heterocycles. The van der Waals surface area contributed by atoms with E-state index >= 15 is 0 Å². The van der Waals surface area contributed by atoms with Crippen LogP contribution in [0.2, 0.25) is 0 Å². The number of nitrogens with one attached hydrogen (secondary N) is 1. The summed E-state index contributed by atoms with van der Waals surface area (Å²) in [4.78, 5) is 18.9. The molecule has 5 nitrogen and oxygen atoms in total. The van der Waals surface area contributed by atoms with Gasteiger partial charge in [-0.05, 0) is 61.4 Å². The third kappa shape index (κ3) is 5.01. The fourth-order valence-electron chi connectivity index (χ4n) is 3.53. The number of imidazole rings is 1. The molecule has 3 aromatic carbocycles. The van der Waals surface area contributed by atoms with E-state index in [9.17, 15) is 4.79 Å². The van der Waals surface area contributed by atoms with Crippen molar-refractivity contribution in [2.45, 2.75) is 19.9 Å². The van der Waals surface area contributed by atoms with Crippen LogP contribution in [0.4, 0.5) is 11.4 Å². The first-order valence-electron chi connectivity index (χ1n) is 10.4. The molecule has 4 rings (SSSR count). The van der Waals surface area contributed by atoms with Gasteiger partial charge in [0.25, 0.3) is 0 Å². The molecule has 0 atom stereocenters. The predicted molar refractivity (Wildman–Crippen MR) is 127 cm³/mol. The topological polar surface area (TPSA) is 50.2 Å². The number of aromatic nitrogens is 2. The molecule has 1 amide bonds.